The molecular weight excluding hydrogens is 509 g/mol. The Morgan fingerprint density at radius 3 is 2.32 bits per heavy atom. The van der Waals surface area contributed by atoms with E-state index in [1.54, 1.807) is 28.9 Å². The molecule has 3 amide bonds. The number of hydrogen-bond donors (Lipinski definition) is 2. The molecule has 9 heteroatoms. The molecule has 4 aromatic rings. The zero-order valence-corrected chi connectivity index (χ0v) is 22.3. The topological polar surface area (TPSA) is 79.3 Å². The fourth-order valence-corrected chi connectivity index (χ4v) is 4.03. The first kappa shape index (κ1) is 26.3. The van der Waals surface area contributed by atoms with E-state index in [1.165, 1.54) is 4.90 Å². The summed E-state index contributed by atoms with van der Waals surface area (Å²) in [6, 6.07) is 21.8. The minimum atomic E-state index is -0.363. The van der Waals surface area contributed by atoms with Crippen molar-refractivity contribution in [2.45, 2.75) is 20.8 Å². The van der Waals surface area contributed by atoms with E-state index in [0.717, 1.165) is 16.7 Å². The third-order valence-corrected chi connectivity index (χ3v) is 6.69. The normalized spacial score (nSPS) is 10.7. The van der Waals surface area contributed by atoms with Crippen molar-refractivity contribution in [1.82, 2.24) is 14.7 Å². The summed E-state index contributed by atoms with van der Waals surface area (Å²) in [6.07, 6.45) is 0. The standard InChI is InChI=1S/C28H27Cl2N5O2/c1-4-34(28(37)31-21-11-10-18(2)19(3)14-21)17-27(36)32-26-16-25(20-8-6-5-7-9-20)33-35(26)22-12-13-23(29)24(30)15-22/h5-16H,4,17H2,1-3H3,(H,31,37)(H,32,36). The highest BCUT2D eigenvalue weighted by Crippen LogP contribution is 2.29. The van der Waals surface area contributed by atoms with Crippen LogP contribution in [0.2, 0.25) is 10.0 Å². The molecular formula is C28H27Cl2N5O2. The molecule has 190 valence electrons. The molecule has 0 radical (unpaired) electrons. The highest BCUT2D eigenvalue weighted by atomic mass is 35.5. The maximum atomic E-state index is 13.1. The smallest absolute Gasteiger partial charge is 0.315 e. The predicted molar refractivity (Wildman–Crippen MR) is 150 cm³/mol. The molecule has 0 saturated heterocycles. The Morgan fingerprint density at radius 1 is 0.892 bits per heavy atom. The summed E-state index contributed by atoms with van der Waals surface area (Å²) in [5.74, 6) is 0.0748. The van der Waals surface area contributed by atoms with Gasteiger partial charge in [0.05, 0.1) is 21.4 Å². The van der Waals surface area contributed by atoms with Gasteiger partial charge in [0.1, 0.15) is 12.4 Å². The van der Waals surface area contributed by atoms with Crippen LogP contribution < -0.4 is 10.6 Å². The number of rotatable bonds is 7. The van der Waals surface area contributed by atoms with Gasteiger partial charge >= 0.3 is 6.03 Å². The number of likely N-dealkylation sites (N-methyl/N-ethyl adjacent to an activating group) is 1. The summed E-state index contributed by atoms with van der Waals surface area (Å²) >= 11 is 12.3. The first-order valence-electron chi connectivity index (χ1n) is 11.8. The van der Waals surface area contributed by atoms with E-state index in [0.29, 0.717) is 39.5 Å². The average Bonchev–Trinajstić information content (AvgIpc) is 3.30. The van der Waals surface area contributed by atoms with E-state index >= 15 is 0 Å². The second kappa shape index (κ2) is 11.5. The number of amides is 3. The number of nitrogens with one attached hydrogen (secondary N) is 2. The van der Waals surface area contributed by atoms with Crippen LogP contribution >= 0.6 is 23.2 Å². The van der Waals surface area contributed by atoms with E-state index in [9.17, 15) is 9.59 Å². The summed E-state index contributed by atoms with van der Waals surface area (Å²) in [4.78, 5) is 27.4. The van der Waals surface area contributed by atoms with Gasteiger partial charge in [0.2, 0.25) is 5.91 Å². The van der Waals surface area contributed by atoms with E-state index in [4.69, 9.17) is 23.2 Å². The Morgan fingerprint density at radius 2 is 1.65 bits per heavy atom. The van der Waals surface area contributed by atoms with Crippen LogP contribution in [0, 0.1) is 13.8 Å². The minimum absolute atomic E-state index is 0.138. The molecule has 0 aliphatic heterocycles. The average molecular weight is 536 g/mol. The molecule has 0 fully saturated rings. The highest BCUT2D eigenvalue weighted by molar-refractivity contribution is 6.42. The van der Waals surface area contributed by atoms with E-state index in [2.05, 4.69) is 15.7 Å². The Bertz CT molecular complexity index is 1440. The molecule has 0 bridgehead atoms. The molecule has 4 rings (SSSR count). The number of aromatic nitrogens is 2. The van der Waals surface area contributed by atoms with Crippen molar-refractivity contribution in [3.8, 4) is 16.9 Å². The van der Waals surface area contributed by atoms with Crippen molar-refractivity contribution in [2.24, 2.45) is 0 Å². The number of aryl methyl sites for hydroxylation is 2. The molecule has 1 aromatic heterocycles. The van der Waals surface area contributed by atoms with Gasteiger partial charge in [-0.25, -0.2) is 9.48 Å². The maximum absolute atomic E-state index is 13.1. The molecule has 0 aliphatic rings. The summed E-state index contributed by atoms with van der Waals surface area (Å²) in [7, 11) is 0. The van der Waals surface area contributed by atoms with Gasteiger partial charge in [0, 0.05) is 23.9 Å². The third kappa shape index (κ3) is 6.31. The van der Waals surface area contributed by atoms with Gasteiger partial charge in [0.25, 0.3) is 0 Å². The van der Waals surface area contributed by atoms with Gasteiger partial charge in [-0.1, -0.05) is 59.6 Å². The van der Waals surface area contributed by atoms with E-state index in [1.807, 2.05) is 69.3 Å². The molecule has 1 heterocycles. The van der Waals surface area contributed by atoms with Gasteiger partial charge in [-0.2, -0.15) is 5.10 Å². The van der Waals surface area contributed by atoms with Crippen LogP contribution in [0.25, 0.3) is 16.9 Å². The number of benzene rings is 3. The van der Waals surface area contributed by atoms with Crippen LogP contribution in [0.15, 0.2) is 72.8 Å². The Hall–Kier alpha value is -3.81. The zero-order valence-electron chi connectivity index (χ0n) is 20.8. The van der Waals surface area contributed by atoms with Crippen LogP contribution in [0.4, 0.5) is 16.3 Å². The van der Waals surface area contributed by atoms with Crippen molar-refractivity contribution >= 4 is 46.6 Å². The lowest BCUT2D eigenvalue weighted by Crippen LogP contribution is -2.40. The lowest BCUT2D eigenvalue weighted by Gasteiger charge is -2.21. The molecule has 0 spiro atoms. The molecule has 0 saturated carbocycles. The summed E-state index contributed by atoms with van der Waals surface area (Å²) < 4.78 is 1.59. The lowest BCUT2D eigenvalue weighted by atomic mass is 10.1. The summed E-state index contributed by atoms with van der Waals surface area (Å²) in [5, 5.41) is 11.2. The van der Waals surface area contributed by atoms with Gasteiger partial charge in [-0.3, -0.25) is 4.79 Å². The summed E-state index contributed by atoms with van der Waals surface area (Å²) in [5.41, 5.74) is 5.08. The first-order chi connectivity index (χ1) is 17.7. The largest absolute Gasteiger partial charge is 0.322 e. The molecule has 3 aromatic carbocycles. The molecule has 37 heavy (non-hydrogen) atoms. The maximum Gasteiger partial charge on any atom is 0.322 e. The van der Waals surface area contributed by atoms with Crippen molar-refractivity contribution in [3.05, 3.63) is 94.0 Å². The van der Waals surface area contributed by atoms with E-state index in [-0.39, 0.29) is 18.5 Å². The van der Waals surface area contributed by atoms with Crippen molar-refractivity contribution < 1.29 is 9.59 Å². The van der Waals surface area contributed by atoms with Gasteiger partial charge in [-0.05, 0) is 62.2 Å². The number of hydrogen-bond acceptors (Lipinski definition) is 3. The van der Waals surface area contributed by atoms with Crippen molar-refractivity contribution in [2.75, 3.05) is 23.7 Å². The Kier molecular flexibility index (Phi) is 8.16. The minimum Gasteiger partial charge on any atom is -0.315 e. The fraction of sp³-hybridized carbons (Fsp3) is 0.179. The quantitative estimate of drug-likeness (QED) is 0.268. The monoisotopic (exact) mass is 535 g/mol. The predicted octanol–water partition coefficient (Wildman–Crippen LogP) is 6.96. The lowest BCUT2D eigenvalue weighted by molar-refractivity contribution is -0.116. The fourth-order valence-electron chi connectivity index (χ4n) is 3.74. The van der Waals surface area contributed by atoms with Crippen LogP contribution in [-0.2, 0) is 4.79 Å². The van der Waals surface area contributed by atoms with Crippen LogP contribution in [0.5, 0.6) is 0 Å². The summed E-state index contributed by atoms with van der Waals surface area (Å²) in [6.45, 7) is 6.03. The van der Waals surface area contributed by atoms with Crippen LogP contribution in [0.1, 0.15) is 18.1 Å². The SMILES string of the molecule is CCN(CC(=O)Nc1cc(-c2ccccc2)nn1-c1ccc(Cl)c(Cl)c1)C(=O)Nc1ccc(C)c(C)c1. The second-order valence-electron chi connectivity index (χ2n) is 8.58. The number of carbonyl (C=O) groups is 2. The van der Waals surface area contributed by atoms with Crippen molar-refractivity contribution in [3.63, 3.8) is 0 Å². The number of halogens is 2. The number of carbonyl (C=O) groups excluding carboxylic acids is 2. The Labute approximate surface area is 226 Å². The first-order valence-corrected chi connectivity index (χ1v) is 12.5. The molecule has 0 unspecified atom stereocenters. The number of urea groups is 1. The highest BCUT2D eigenvalue weighted by Gasteiger charge is 2.19. The Balaban J connectivity index is 1.55. The van der Waals surface area contributed by atoms with Gasteiger partial charge in [-0.15, -0.1) is 0 Å². The molecule has 0 atom stereocenters. The van der Waals surface area contributed by atoms with Gasteiger partial charge < -0.3 is 15.5 Å². The number of nitrogens with zero attached hydrogens (tertiary/aromatic N) is 3. The van der Waals surface area contributed by atoms with Crippen molar-refractivity contribution in [1.29, 1.82) is 0 Å². The molecule has 7 nitrogen and oxygen atoms in total. The van der Waals surface area contributed by atoms with Crippen LogP contribution in [-0.4, -0.2) is 39.7 Å². The second-order valence-corrected chi connectivity index (χ2v) is 9.40. The zero-order chi connectivity index (χ0) is 26.5. The van der Waals surface area contributed by atoms with E-state index < -0.39 is 0 Å². The molecule has 0 aliphatic carbocycles. The third-order valence-electron chi connectivity index (χ3n) is 5.96. The number of anilines is 2. The van der Waals surface area contributed by atoms with Gasteiger partial charge in [0.15, 0.2) is 0 Å². The van der Waals surface area contributed by atoms with Crippen LogP contribution in [0.3, 0.4) is 0 Å². The molecule has 2 N–H and O–H groups in total.